The van der Waals surface area contributed by atoms with E-state index in [1.54, 1.807) is 0 Å². The van der Waals surface area contributed by atoms with Crippen LogP contribution in [0.5, 0.6) is 0 Å². The number of rotatable bonds is 6. The molecule has 0 saturated carbocycles. The summed E-state index contributed by atoms with van der Waals surface area (Å²) >= 11 is 6.05. The smallest absolute Gasteiger partial charge is 0.226 e. The van der Waals surface area contributed by atoms with Gasteiger partial charge in [-0.15, -0.1) is 0 Å². The molecule has 6 heteroatoms. The van der Waals surface area contributed by atoms with Crippen molar-refractivity contribution in [1.82, 2.24) is 14.8 Å². The quantitative estimate of drug-likeness (QED) is 0.788. The molecule has 1 amide bonds. The second-order valence-electron chi connectivity index (χ2n) is 6.73. The second kappa shape index (κ2) is 7.58. The molecule has 1 aliphatic heterocycles. The van der Waals surface area contributed by atoms with Gasteiger partial charge in [-0.2, -0.15) is 0 Å². The van der Waals surface area contributed by atoms with Gasteiger partial charge in [0, 0.05) is 43.2 Å². The summed E-state index contributed by atoms with van der Waals surface area (Å²) in [6, 6.07) is 7.51. The lowest BCUT2D eigenvalue weighted by Crippen LogP contribution is -2.28. The van der Waals surface area contributed by atoms with Gasteiger partial charge in [-0.05, 0) is 45.0 Å². The zero-order valence-corrected chi connectivity index (χ0v) is 15.7. The Morgan fingerprint density at radius 3 is 2.92 bits per heavy atom. The van der Waals surface area contributed by atoms with E-state index in [1.807, 2.05) is 43.0 Å². The van der Waals surface area contributed by atoms with E-state index in [2.05, 4.69) is 16.9 Å². The van der Waals surface area contributed by atoms with Crippen molar-refractivity contribution in [2.24, 2.45) is 5.92 Å². The van der Waals surface area contributed by atoms with Gasteiger partial charge in [0.15, 0.2) is 0 Å². The molecule has 0 spiro atoms. The van der Waals surface area contributed by atoms with Crippen LogP contribution in [0.25, 0.3) is 11.5 Å². The van der Waals surface area contributed by atoms with Gasteiger partial charge in [0.05, 0.1) is 5.69 Å². The van der Waals surface area contributed by atoms with Gasteiger partial charge >= 0.3 is 0 Å². The van der Waals surface area contributed by atoms with Crippen LogP contribution in [0.2, 0.25) is 5.02 Å². The van der Waals surface area contributed by atoms with Crippen molar-refractivity contribution in [1.29, 1.82) is 0 Å². The zero-order chi connectivity index (χ0) is 18.0. The third-order valence-corrected chi connectivity index (χ3v) is 4.87. The second-order valence-corrected chi connectivity index (χ2v) is 7.17. The Kier molecular flexibility index (Phi) is 5.45. The predicted octanol–water partition coefficient (Wildman–Crippen LogP) is 3.60. The van der Waals surface area contributed by atoms with Crippen molar-refractivity contribution < 1.29 is 9.21 Å². The van der Waals surface area contributed by atoms with Crippen molar-refractivity contribution >= 4 is 17.5 Å². The molecule has 1 aliphatic rings. The van der Waals surface area contributed by atoms with Gasteiger partial charge in [-0.1, -0.05) is 17.7 Å². The first-order valence-corrected chi connectivity index (χ1v) is 9.02. The van der Waals surface area contributed by atoms with E-state index in [4.69, 9.17) is 16.0 Å². The highest BCUT2D eigenvalue weighted by atomic mass is 35.5. The van der Waals surface area contributed by atoms with Crippen molar-refractivity contribution in [3.8, 4) is 11.5 Å². The summed E-state index contributed by atoms with van der Waals surface area (Å²) in [5.74, 6) is 2.06. The molecule has 2 heterocycles. The van der Waals surface area contributed by atoms with Crippen LogP contribution in [0.1, 0.15) is 24.8 Å². The SMILES string of the molecule is CCN1C[C@@H](CN(C)Cc2nc(-c3cccc(Cl)c3)oc2C)CC1=O. The maximum absolute atomic E-state index is 11.9. The molecule has 3 rings (SSSR count). The lowest BCUT2D eigenvalue weighted by Gasteiger charge is -2.20. The lowest BCUT2D eigenvalue weighted by molar-refractivity contribution is -0.127. The number of likely N-dealkylation sites (tertiary alicyclic amines) is 1. The topological polar surface area (TPSA) is 49.6 Å². The third kappa shape index (κ3) is 4.22. The van der Waals surface area contributed by atoms with Gasteiger partial charge in [0.1, 0.15) is 5.76 Å². The van der Waals surface area contributed by atoms with Crippen LogP contribution >= 0.6 is 11.6 Å². The number of aromatic nitrogens is 1. The summed E-state index contributed by atoms with van der Waals surface area (Å²) in [4.78, 5) is 20.6. The van der Waals surface area contributed by atoms with E-state index >= 15 is 0 Å². The Bertz CT molecular complexity index is 759. The average molecular weight is 362 g/mol. The van der Waals surface area contributed by atoms with Gasteiger partial charge < -0.3 is 14.2 Å². The number of oxazole rings is 1. The first-order chi connectivity index (χ1) is 12.0. The van der Waals surface area contributed by atoms with Gasteiger partial charge in [-0.25, -0.2) is 4.98 Å². The number of amides is 1. The van der Waals surface area contributed by atoms with Gasteiger partial charge in [0.25, 0.3) is 0 Å². The fourth-order valence-electron chi connectivity index (χ4n) is 3.36. The molecule has 5 nitrogen and oxygen atoms in total. The molecular weight excluding hydrogens is 338 g/mol. The molecule has 2 aromatic rings. The fourth-order valence-corrected chi connectivity index (χ4v) is 3.55. The highest BCUT2D eigenvalue weighted by molar-refractivity contribution is 6.30. The number of aryl methyl sites for hydroxylation is 1. The summed E-state index contributed by atoms with van der Waals surface area (Å²) in [6.45, 7) is 7.19. The highest BCUT2D eigenvalue weighted by Gasteiger charge is 2.29. The van der Waals surface area contributed by atoms with Crippen LogP contribution < -0.4 is 0 Å². The summed E-state index contributed by atoms with van der Waals surface area (Å²) in [5.41, 5.74) is 1.80. The maximum Gasteiger partial charge on any atom is 0.226 e. The molecule has 0 N–H and O–H groups in total. The largest absolute Gasteiger partial charge is 0.441 e. The standard InChI is InChI=1S/C19H24ClN3O2/c1-4-23-11-14(8-18(23)24)10-22(3)12-17-13(2)25-19(21-17)15-6-5-7-16(20)9-15/h5-7,9,14H,4,8,10-12H2,1-3H3/t14-/m1/s1. The summed E-state index contributed by atoms with van der Waals surface area (Å²) in [6.07, 6.45) is 0.643. The van der Waals surface area contributed by atoms with E-state index in [9.17, 15) is 4.79 Å². The minimum Gasteiger partial charge on any atom is -0.441 e. The Labute approximate surface area is 153 Å². The van der Waals surface area contributed by atoms with Crippen LogP contribution in [0.15, 0.2) is 28.7 Å². The van der Waals surface area contributed by atoms with Gasteiger partial charge in [0.2, 0.25) is 11.8 Å². The maximum atomic E-state index is 11.9. The summed E-state index contributed by atoms with van der Waals surface area (Å²) in [5, 5.41) is 0.665. The first-order valence-electron chi connectivity index (χ1n) is 8.64. The van der Waals surface area contributed by atoms with E-state index in [1.165, 1.54) is 0 Å². The van der Waals surface area contributed by atoms with Crippen molar-refractivity contribution in [2.45, 2.75) is 26.8 Å². The van der Waals surface area contributed by atoms with E-state index in [-0.39, 0.29) is 5.91 Å². The summed E-state index contributed by atoms with van der Waals surface area (Å²) < 4.78 is 5.82. The van der Waals surface area contributed by atoms with Crippen molar-refractivity contribution in [3.05, 3.63) is 40.7 Å². The average Bonchev–Trinajstić information content (AvgIpc) is 3.10. The van der Waals surface area contributed by atoms with Gasteiger partial charge in [-0.3, -0.25) is 4.79 Å². The number of nitrogens with zero attached hydrogens (tertiary/aromatic N) is 3. The Morgan fingerprint density at radius 2 is 2.24 bits per heavy atom. The normalized spacial score (nSPS) is 17.7. The van der Waals surface area contributed by atoms with E-state index < -0.39 is 0 Å². The molecule has 1 aromatic carbocycles. The number of hydrogen-bond donors (Lipinski definition) is 0. The number of halogens is 1. The molecule has 0 aliphatic carbocycles. The minimum absolute atomic E-state index is 0.266. The van der Waals surface area contributed by atoms with Crippen LogP contribution in [0.4, 0.5) is 0 Å². The van der Waals surface area contributed by atoms with E-state index in [0.29, 0.717) is 29.8 Å². The number of benzene rings is 1. The Balaban J connectivity index is 1.64. The number of carbonyl (C=O) groups excluding carboxylic acids is 1. The van der Waals surface area contributed by atoms with E-state index in [0.717, 1.165) is 36.7 Å². The molecule has 25 heavy (non-hydrogen) atoms. The van der Waals surface area contributed by atoms with Crippen LogP contribution in [0, 0.1) is 12.8 Å². The molecule has 0 radical (unpaired) electrons. The molecule has 1 aromatic heterocycles. The third-order valence-electron chi connectivity index (χ3n) is 4.63. The molecular formula is C19H24ClN3O2. The summed E-state index contributed by atoms with van der Waals surface area (Å²) in [7, 11) is 2.06. The molecule has 1 fully saturated rings. The highest BCUT2D eigenvalue weighted by Crippen LogP contribution is 2.25. The molecule has 1 saturated heterocycles. The molecule has 1 atom stereocenters. The van der Waals surface area contributed by atoms with Crippen LogP contribution in [0.3, 0.4) is 0 Å². The van der Waals surface area contributed by atoms with Crippen LogP contribution in [-0.4, -0.2) is 47.4 Å². The number of carbonyl (C=O) groups is 1. The fraction of sp³-hybridized carbons (Fsp3) is 0.474. The lowest BCUT2D eigenvalue weighted by atomic mass is 10.1. The predicted molar refractivity (Wildman–Crippen MR) is 98.4 cm³/mol. The Morgan fingerprint density at radius 1 is 1.44 bits per heavy atom. The first kappa shape index (κ1) is 18.0. The zero-order valence-electron chi connectivity index (χ0n) is 15.0. The van der Waals surface area contributed by atoms with Crippen molar-refractivity contribution in [2.75, 3.05) is 26.7 Å². The minimum atomic E-state index is 0.266. The number of hydrogen-bond acceptors (Lipinski definition) is 4. The van der Waals surface area contributed by atoms with Crippen LogP contribution in [-0.2, 0) is 11.3 Å². The Hall–Kier alpha value is -1.85. The molecule has 0 unspecified atom stereocenters. The monoisotopic (exact) mass is 361 g/mol. The van der Waals surface area contributed by atoms with Crippen molar-refractivity contribution in [3.63, 3.8) is 0 Å². The molecule has 0 bridgehead atoms. The molecule has 134 valence electrons.